The summed E-state index contributed by atoms with van der Waals surface area (Å²) in [5.41, 5.74) is 1.11. The second-order valence-corrected chi connectivity index (χ2v) is 12.3. The highest BCUT2D eigenvalue weighted by Gasteiger charge is 2.42. The number of carboxylic acid groups (broad SMARTS) is 1. The van der Waals surface area contributed by atoms with Crippen LogP contribution in [-0.4, -0.2) is 64.6 Å². The van der Waals surface area contributed by atoms with E-state index >= 15 is 0 Å². The Bertz CT molecular complexity index is 1200. The molecule has 0 spiro atoms. The zero-order valence-electron chi connectivity index (χ0n) is 24.8. The SMILES string of the molecule is CN[C@H](C(=O)N[C@H](C(=O)N(C)[C@@H](C=C(C)C(=O)O)C(C)C)C(C)(C)C)C(C)(C)c1cn(C)c2ccccc12. The molecule has 2 rings (SSSR count). The molecule has 0 aliphatic rings. The van der Waals surface area contributed by atoms with Gasteiger partial charge < -0.3 is 25.2 Å². The van der Waals surface area contributed by atoms with Crippen molar-refractivity contribution in [1.29, 1.82) is 0 Å². The Morgan fingerprint density at radius 3 is 2.13 bits per heavy atom. The van der Waals surface area contributed by atoms with Crippen molar-refractivity contribution in [1.82, 2.24) is 20.1 Å². The van der Waals surface area contributed by atoms with Crippen LogP contribution >= 0.6 is 0 Å². The molecule has 2 amide bonds. The first-order valence-corrected chi connectivity index (χ1v) is 13.2. The van der Waals surface area contributed by atoms with Gasteiger partial charge in [0.1, 0.15) is 6.04 Å². The number of para-hydroxylation sites is 1. The summed E-state index contributed by atoms with van der Waals surface area (Å²) in [5, 5.41) is 16.7. The van der Waals surface area contributed by atoms with Gasteiger partial charge in [-0.1, -0.05) is 72.7 Å². The number of carbonyl (C=O) groups is 3. The summed E-state index contributed by atoms with van der Waals surface area (Å²) in [6, 6.07) is 6.23. The van der Waals surface area contributed by atoms with Crippen LogP contribution in [0.3, 0.4) is 0 Å². The lowest BCUT2D eigenvalue weighted by Gasteiger charge is -2.39. The first kappa shape index (κ1) is 31.1. The van der Waals surface area contributed by atoms with Gasteiger partial charge >= 0.3 is 5.97 Å². The zero-order chi connectivity index (χ0) is 29.2. The fourth-order valence-corrected chi connectivity index (χ4v) is 5.13. The van der Waals surface area contributed by atoms with Crippen LogP contribution in [0.15, 0.2) is 42.1 Å². The quantitative estimate of drug-likeness (QED) is 0.405. The van der Waals surface area contributed by atoms with E-state index in [1.807, 2.05) is 67.6 Å². The molecular weight excluding hydrogens is 480 g/mol. The zero-order valence-corrected chi connectivity index (χ0v) is 24.8. The van der Waals surface area contributed by atoms with Gasteiger partial charge in [-0.2, -0.15) is 0 Å². The second kappa shape index (κ2) is 11.7. The Labute approximate surface area is 227 Å². The van der Waals surface area contributed by atoms with Crippen LogP contribution in [0.4, 0.5) is 0 Å². The normalized spacial score (nSPS) is 15.3. The number of carbonyl (C=O) groups excluding carboxylic acids is 2. The molecule has 2 aromatic rings. The van der Waals surface area contributed by atoms with Crippen molar-refractivity contribution in [3.8, 4) is 0 Å². The summed E-state index contributed by atoms with van der Waals surface area (Å²) < 4.78 is 2.06. The van der Waals surface area contributed by atoms with Crippen molar-refractivity contribution in [2.45, 2.75) is 78.9 Å². The Kier molecular flexibility index (Phi) is 9.59. The van der Waals surface area contributed by atoms with Gasteiger partial charge in [0.05, 0.1) is 12.1 Å². The van der Waals surface area contributed by atoms with Crippen molar-refractivity contribution >= 4 is 28.7 Å². The lowest BCUT2D eigenvalue weighted by Crippen LogP contribution is -2.61. The first-order valence-electron chi connectivity index (χ1n) is 13.2. The summed E-state index contributed by atoms with van der Waals surface area (Å²) in [6.45, 7) is 15.2. The molecule has 38 heavy (non-hydrogen) atoms. The summed E-state index contributed by atoms with van der Waals surface area (Å²) >= 11 is 0. The number of hydrogen-bond donors (Lipinski definition) is 3. The van der Waals surface area contributed by atoms with E-state index in [0.29, 0.717) is 0 Å². The van der Waals surface area contributed by atoms with Crippen LogP contribution in [0.1, 0.15) is 61.0 Å². The van der Waals surface area contributed by atoms with Crippen LogP contribution in [0, 0.1) is 11.3 Å². The fourth-order valence-electron chi connectivity index (χ4n) is 5.13. The maximum absolute atomic E-state index is 13.9. The highest BCUT2D eigenvalue weighted by Crippen LogP contribution is 2.35. The third kappa shape index (κ3) is 6.46. The Morgan fingerprint density at radius 1 is 1.05 bits per heavy atom. The van der Waals surface area contributed by atoms with E-state index in [1.165, 1.54) is 6.92 Å². The number of carboxylic acids is 1. The van der Waals surface area contributed by atoms with Crippen molar-refractivity contribution in [2.24, 2.45) is 18.4 Å². The number of nitrogens with zero attached hydrogens (tertiary/aromatic N) is 2. The van der Waals surface area contributed by atoms with Gasteiger partial charge in [-0.05, 0) is 36.9 Å². The van der Waals surface area contributed by atoms with E-state index in [-0.39, 0.29) is 23.3 Å². The minimum atomic E-state index is -1.02. The molecule has 210 valence electrons. The van der Waals surface area contributed by atoms with Crippen LogP contribution in [0.25, 0.3) is 10.9 Å². The molecular formula is C30H46N4O4. The summed E-state index contributed by atoms with van der Waals surface area (Å²) in [7, 11) is 5.41. The van der Waals surface area contributed by atoms with E-state index in [2.05, 4.69) is 33.5 Å². The molecule has 1 aromatic carbocycles. The molecule has 3 N–H and O–H groups in total. The lowest BCUT2D eigenvalue weighted by atomic mass is 9.76. The number of aliphatic carboxylic acids is 1. The van der Waals surface area contributed by atoms with E-state index in [4.69, 9.17) is 0 Å². The number of likely N-dealkylation sites (N-methyl/N-ethyl adjacent to an activating group) is 2. The third-order valence-corrected chi connectivity index (χ3v) is 7.50. The molecule has 0 saturated heterocycles. The Hall–Kier alpha value is -3.13. The van der Waals surface area contributed by atoms with Gasteiger partial charge in [-0.15, -0.1) is 0 Å². The van der Waals surface area contributed by atoms with Gasteiger partial charge in [-0.3, -0.25) is 9.59 Å². The number of nitrogens with one attached hydrogen (secondary N) is 2. The predicted molar refractivity (Wildman–Crippen MR) is 153 cm³/mol. The first-order chi connectivity index (χ1) is 17.4. The lowest BCUT2D eigenvalue weighted by molar-refractivity contribution is -0.141. The maximum Gasteiger partial charge on any atom is 0.331 e. The van der Waals surface area contributed by atoms with Crippen molar-refractivity contribution in [3.63, 3.8) is 0 Å². The molecule has 3 atom stereocenters. The average molecular weight is 527 g/mol. The molecule has 0 aliphatic heterocycles. The van der Waals surface area contributed by atoms with Crippen LogP contribution in [-0.2, 0) is 26.8 Å². The number of aromatic nitrogens is 1. The van der Waals surface area contributed by atoms with E-state index in [1.54, 1.807) is 25.1 Å². The Balaban J connectivity index is 2.43. The standard InChI is InChI=1S/C30H46N4O4/c1-18(2)23(16-19(3)28(37)38)34(11)27(36)25(29(4,5)6)32-26(35)24(31-9)30(7,8)21-17-33(10)22-15-13-12-14-20(21)22/h12-18,23-25,31H,1-11H3,(H,32,35)(H,37,38)/t23-,24+,25+/m0/s1. The number of fused-ring (bicyclic) bond motifs is 1. The van der Waals surface area contributed by atoms with Gasteiger partial charge in [0.2, 0.25) is 11.8 Å². The Morgan fingerprint density at radius 2 is 1.63 bits per heavy atom. The fraction of sp³-hybridized carbons (Fsp3) is 0.567. The molecule has 8 nitrogen and oxygen atoms in total. The molecule has 8 heteroatoms. The van der Waals surface area contributed by atoms with Crippen molar-refractivity contribution in [3.05, 3.63) is 47.7 Å². The smallest absolute Gasteiger partial charge is 0.331 e. The van der Waals surface area contributed by atoms with Crippen LogP contribution < -0.4 is 10.6 Å². The molecule has 0 aliphatic carbocycles. The molecule has 0 radical (unpaired) electrons. The van der Waals surface area contributed by atoms with Crippen molar-refractivity contribution in [2.75, 3.05) is 14.1 Å². The van der Waals surface area contributed by atoms with E-state index in [0.717, 1.165) is 16.5 Å². The van der Waals surface area contributed by atoms with Crippen LogP contribution in [0.2, 0.25) is 0 Å². The van der Waals surface area contributed by atoms with Crippen molar-refractivity contribution < 1.29 is 19.5 Å². The maximum atomic E-state index is 13.9. The highest BCUT2D eigenvalue weighted by atomic mass is 16.4. The number of hydrogen-bond acceptors (Lipinski definition) is 4. The highest BCUT2D eigenvalue weighted by molar-refractivity contribution is 5.93. The van der Waals surface area contributed by atoms with Gasteiger partial charge in [0, 0.05) is 42.2 Å². The van der Waals surface area contributed by atoms with Crippen LogP contribution in [0.5, 0.6) is 0 Å². The number of benzene rings is 1. The average Bonchev–Trinajstić information content (AvgIpc) is 3.16. The minimum absolute atomic E-state index is 0.0232. The van der Waals surface area contributed by atoms with Gasteiger partial charge in [-0.25, -0.2) is 4.79 Å². The number of amides is 2. The monoisotopic (exact) mass is 526 g/mol. The third-order valence-electron chi connectivity index (χ3n) is 7.50. The molecule has 1 heterocycles. The molecule has 0 fully saturated rings. The van der Waals surface area contributed by atoms with E-state index < -0.39 is 34.9 Å². The van der Waals surface area contributed by atoms with Gasteiger partial charge in [0.15, 0.2) is 0 Å². The van der Waals surface area contributed by atoms with Gasteiger partial charge in [0.25, 0.3) is 0 Å². The van der Waals surface area contributed by atoms with E-state index in [9.17, 15) is 19.5 Å². The minimum Gasteiger partial charge on any atom is -0.478 e. The second-order valence-electron chi connectivity index (χ2n) is 12.3. The molecule has 0 unspecified atom stereocenters. The molecule has 1 aromatic heterocycles. The summed E-state index contributed by atoms with van der Waals surface area (Å²) in [4.78, 5) is 40.7. The number of aryl methyl sites for hydroxylation is 1. The molecule has 0 saturated carbocycles. The number of rotatable bonds is 10. The molecule has 0 bridgehead atoms. The predicted octanol–water partition coefficient (Wildman–Crippen LogP) is 4.09. The largest absolute Gasteiger partial charge is 0.478 e. The topological polar surface area (TPSA) is 104 Å². The summed E-state index contributed by atoms with van der Waals surface area (Å²) in [5.74, 6) is -1.59. The summed E-state index contributed by atoms with van der Waals surface area (Å²) in [6.07, 6.45) is 3.67.